The Labute approximate surface area is 187 Å². The lowest BCUT2D eigenvalue weighted by Crippen LogP contribution is -2.11. The number of carbonyl (C=O) groups excluding carboxylic acids is 1. The lowest BCUT2D eigenvalue weighted by molar-refractivity contribution is 0.0992. The van der Waals surface area contributed by atoms with Gasteiger partial charge in [0.1, 0.15) is 18.1 Å². The highest BCUT2D eigenvalue weighted by Crippen LogP contribution is 2.21. The van der Waals surface area contributed by atoms with E-state index < -0.39 is 0 Å². The third-order valence-electron chi connectivity index (χ3n) is 5.22. The van der Waals surface area contributed by atoms with Crippen molar-refractivity contribution in [3.05, 3.63) is 100 Å². The van der Waals surface area contributed by atoms with Crippen molar-refractivity contribution in [3.63, 3.8) is 0 Å². The number of hydrogen-bond acceptors (Lipinski definition) is 4. The van der Waals surface area contributed by atoms with Gasteiger partial charge < -0.3 is 14.5 Å². The van der Waals surface area contributed by atoms with Crippen molar-refractivity contribution in [1.29, 1.82) is 0 Å². The van der Waals surface area contributed by atoms with Gasteiger partial charge in [-0.15, -0.1) is 0 Å². The van der Waals surface area contributed by atoms with Crippen LogP contribution in [0, 0.1) is 27.7 Å². The van der Waals surface area contributed by atoms with E-state index in [1.165, 1.54) is 0 Å². The van der Waals surface area contributed by atoms with E-state index in [9.17, 15) is 4.79 Å². The van der Waals surface area contributed by atoms with Crippen molar-refractivity contribution in [2.24, 2.45) is 0 Å². The number of nitrogens with one attached hydrogen (secondary N) is 1. The number of carbonyl (C=O) groups is 1. The highest BCUT2D eigenvalue weighted by atomic mass is 16.5. The number of benzene rings is 2. The van der Waals surface area contributed by atoms with Gasteiger partial charge in [-0.05, 0) is 80.8 Å². The molecule has 0 unspecified atom stereocenters. The maximum absolute atomic E-state index is 12.7. The average molecular weight is 430 g/mol. The third-order valence-corrected chi connectivity index (χ3v) is 5.22. The second-order valence-corrected chi connectivity index (χ2v) is 8.06. The van der Waals surface area contributed by atoms with Crippen LogP contribution in [0.2, 0.25) is 0 Å². The summed E-state index contributed by atoms with van der Waals surface area (Å²) in [5.41, 5.74) is 6.03. The van der Waals surface area contributed by atoms with Gasteiger partial charge in [0.25, 0.3) is 5.91 Å². The summed E-state index contributed by atoms with van der Waals surface area (Å²) in [6, 6.07) is 19.3. The normalized spacial score (nSPS) is 10.9. The second kappa shape index (κ2) is 9.14. The standard InChI is InChI=1S/C26H27N3O3/c1-17-8-9-18(2)25(12-17)31-16-23-10-11-24(32-23)26(30)27-22-7-5-6-21(14-22)15-29-20(4)13-19(3)28-29/h5-14H,15-16H2,1-4H3,(H,27,30). The van der Waals surface area contributed by atoms with Crippen LogP contribution in [0.25, 0.3) is 0 Å². The number of aromatic nitrogens is 2. The molecule has 2 aromatic carbocycles. The Balaban J connectivity index is 1.38. The molecule has 1 N–H and O–H groups in total. The van der Waals surface area contributed by atoms with Crippen LogP contribution in [0.5, 0.6) is 5.75 Å². The molecule has 1 amide bonds. The summed E-state index contributed by atoms with van der Waals surface area (Å²) in [7, 11) is 0. The Morgan fingerprint density at radius 3 is 2.66 bits per heavy atom. The smallest absolute Gasteiger partial charge is 0.291 e. The van der Waals surface area contributed by atoms with Crippen LogP contribution < -0.4 is 10.1 Å². The van der Waals surface area contributed by atoms with Crippen LogP contribution >= 0.6 is 0 Å². The fourth-order valence-electron chi connectivity index (χ4n) is 3.54. The van der Waals surface area contributed by atoms with Gasteiger partial charge in [-0.2, -0.15) is 5.10 Å². The maximum Gasteiger partial charge on any atom is 0.291 e. The largest absolute Gasteiger partial charge is 0.485 e. The molecule has 6 nitrogen and oxygen atoms in total. The first-order chi connectivity index (χ1) is 15.4. The van der Waals surface area contributed by atoms with Gasteiger partial charge in [-0.25, -0.2) is 0 Å². The Morgan fingerprint density at radius 2 is 1.88 bits per heavy atom. The first-order valence-corrected chi connectivity index (χ1v) is 10.6. The molecule has 4 rings (SSSR count). The van der Waals surface area contributed by atoms with Crippen LogP contribution in [-0.2, 0) is 13.2 Å². The molecule has 2 aromatic heterocycles. The molecule has 2 heterocycles. The Bertz CT molecular complexity index is 1250. The second-order valence-electron chi connectivity index (χ2n) is 8.06. The Kier molecular flexibility index (Phi) is 6.12. The highest BCUT2D eigenvalue weighted by Gasteiger charge is 2.13. The van der Waals surface area contributed by atoms with Gasteiger partial charge in [0.05, 0.1) is 12.2 Å². The van der Waals surface area contributed by atoms with E-state index in [1.807, 2.05) is 80.9 Å². The summed E-state index contributed by atoms with van der Waals surface area (Å²) in [5, 5.41) is 7.40. The fraction of sp³-hybridized carbons (Fsp3) is 0.231. The lowest BCUT2D eigenvalue weighted by atomic mass is 10.1. The number of anilines is 1. The molecule has 0 spiro atoms. The van der Waals surface area contributed by atoms with Crippen molar-refractivity contribution in [2.75, 3.05) is 5.32 Å². The minimum absolute atomic E-state index is 0.244. The molecule has 0 saturated heterocycles. The van der Waals surface area contributed by atoms with Crippen LogP contribution in [0.1, 0.15) is 44.4 Å². The molecule has 0 aliphatic carbocycles. The van der Waals surface area contributed by atoms with Crippen molar-refractivity contribution >= 4 is 11.6 Å². The molecule has 0 radical (unpaired) electrons. The van der Waals surface area contributed by atoms with Crippen LogP contribution in [-0.4, -0.2) is 15.7 Å². The topological polar surface area (TPSA) is 69.3 Å². The van der Waals surface area contributed by atoms with Gasteiger partial charge in [0.15, 0.2) is 5.76 Å². The summed E-state index contributed by atoms with van der Waals surface area (Å²) in [6.45, 7) is 8.93. The van der Waals surface area contributed by atoms with Crippen molar-refractivity contribution in [2.45, 2.75) is 40.8 Å². The summed E-state index contributed by atoms with van der Waals surface area (Å²) < 4.78 is 13.5. The fourth-order valence-corrected chi connectivity index (χ4v) is 3.54. The quantitative estimate of drug-likeness (QED) is 0.416. The molecule has 0 aliphatic rings. The minimum atomic E-state index is -0.300. The molecule has 0 bridgehead atoms. The zero-order valence-corrected chi connectivity index (χ0v) is 18.8. The number of amides is 1. The zero-order valence-electron chi connectivity index (χ0n) is 18.8. The monoisotopic (exact) mass is 429 g/mol. The van der Waals surface area contributed by atoms with E-state index in [0.29, 0.717) is 18.0 Å². The number of ether oxygens (including phenoxy) is 1. The van der Waals surface area contributed by atoms with Crippen LogP contribution in [0.4, 0.5) is 5.69 Å². The molecule has 0 aliphatic heterocycles. The van der Waals surface area contributed by atoms with Crippen molar-refractivity contribution < 1.29 is 13.9 Å². The summed E-state index contributed by atoms with van der Waals surface area (Å²) in [6.07, 6.45) is 0. The molecule has 6 heteroatoms. The van der Waals surface area contributed by atoms with E-state index in [2.05, 4.69) is 10.4 Å². The Morgan fingerprint density at radius 1 is 1.03 bits per heavy atom. The molecule has 0 saturated carbocycles. The van der Waals surface area contributed by atoms with E-state index >= 15 is 0 Å². The molecule has 4 aromatic rings. The number of hydrogen-bond donors (Lipinski definition) is 1. The van der Waals surface area contributed by atoms with Gasteiger partial charge in [-0.3, -0.25) is 9.48 Å². The van der Waals surface area contributed by atoms with Crippen LogP contribution in [0.3, 0.4) is 0 Å². The first kappa shape index (κ1) is 21.4. The zero-order chi connectivity index (χ0) is 22.7. The molecule has 32 heavy (non-hydrogen) atoms. The summed E-state index contributed by atoms with van der Waals surface area (Å²) >= 11 is 0. The predicted octanol–water partition coefficient (Wildman–Crippen LogP) is 5.59. The van der Waals surface area contributed by atoms with Crippen molar-refractivity contribution in [1.82, 2.24) is 9.78 Å². The SMILES string of the molecule is Cc1ccc(C)c(OCc2ccc(C(=O)Nc3cccc(Cn4nc(C)cc4C)c3)o2)c1. The van der Waals surface area contributed by atoms with Gasteiger partial charge in [-0.1, -0.05) is 24.3 Å². The van der Waals surface area contributed by atoms with Gasteiger partial charge >= 0.3 is 0 Å². The van der Waals surface area contributed by atoms with Crippen molar-refractivity contribution in [3.8, 4) is 5.75 Å². The lowest BCUT2D eigenvalue weighted by Gasteiger charge is -2.09. The first-order valence-electron chi connectivity index (χ1n) is 10.6. The molecule has 0 atom stereocenters. The molecule has 164 valence electrons. The molecule has 0 fully saturated rings. The minimum Gasteiger partial charge on any atom is -0.485 e. The van der Waals surface area contributed by atoms with E-state index in [0.717, 1.165) is 33.8 Å². The number of nitrogens with zero attached hydrogens (tertiary/aromatic N) is 2. The third kappa shape index (κ3) is 5.09. The predicted molar refractivity (Wildman–Crippen MR) is 124 cm³/mol. The summed E-state index contributed by atoms with van der Waals surface area (Å²) in [4.78, 5) is 12.7. The summed E-state index contributed by atoms with van der Waals surface area (Å²) in [5.74, 6) is 1.35. The van der Waals surface area contributed by atoms with Gasteiger partial charge in [0, 0.05) is 11.4 Å². The highest BCUT2D eigenvalue weighted by molar-refractivity contribution is 6.02. The number of furan rings is 1. The van der Waals surface area contributed by atoms with Gasteiger partial charge in [0.2, 0.25) is 0 Å². The van der Waals surface area contributed by atoms with Crippen LogP contribution in [0.15, 0.2) is 65.1 Å². The van der Waals surface area contributed by atoms with E-state index in [1.54, 1.807) is 12.1 Å². The molecular weight excluding hydrogens is 402 g/mol. The number of rotatable bonds is 7. The Hall–Kier alpha value is -3.80. The maximum atomic E-state index is 12.7. The number of aryl methyl sites for hydroxylation is 4. The van der Waals surface area contributed by atoms with E-state index in [-0.39, 0.29) is 18.3 Å². The van der Waals surface area contributed by atoms with E-state index in [4.69, 9.17) is 9.15 Å². The average Bonchev–Trinajstić information content (AvgIpc) is 3.35. The molecular formula is C26H27N3O3.